The average Bonchev–Trinajstić information content (AvgIpc) is 2.35. The van der Waals surface area contributed by atoms with E-state index in [0.717, 1.165) is 6.42 Å². The summed E-state index contributed by atoms with van der Waals surface area (Å²) in [5.41, 5.74) is -2.65. The first-order valence-corrected chi connectivity index (χ1v) is 5.96. The van der Waals surface area contributed by atoms with Crippen molar-refractivity contribution in [3.05, 3.63) is 39.4 Å². The van der Waals surface area contributed by atoms with E-state index < -0.39 is 39.3 Å². The number of amides is 1. The van der Waals surface area contributed by atoms with E-state index in [-0.39, 0.29) is 6.54 Å². The largest absolute Gasteiger partial charge is 0.388 e. The summed E-state index contributed by atoms with van der Waals surface area (Å²) in [7, 11) is 0. The maximum Gasteiger partial charge on any atom is 0.307 e. The van der Waals surface area contributed by atoms with Crippen LogP contribution in [0.1, 0.15) is 29.6 Å². The van der Waals surface area contributed by atoms with Gasteiger partial charge in [-0.05, 0) is 25.3 Å². The van der Waals surface area contributed by atoms with Crippen molar-refractivity contribution in [1.29, 1.82) is 0 Å². The lowest BCUT2D eigenvalue weighted by atomic mass is 9.80. The van der Waals surface area contributed by atoms with Crippen LogP contribution in [-0.4, -0.2) is 28.1 Å². The van der Waals surface area contributed by atoms with Gasteiger partial charge in [0.05, 0.1) is 22.2 Å². The molecule has 8 heteroatoms. The third-order valence-electron chi connectivity index (χ3n) is 3.34. The van der Waals surface area contributed by atoms with Crippen molar-refractivity contribution >= 4 is 11.6 Å². The molecule has 1 aliphatic rings. The first kappa shape index (κ1) is 14.3. The minimum Gasteiger partial charge on any atom is -0.388 e. The lowest BCUT2D eigenvalue weighted by molar-refractivity contribution is -0.387. The summed E-state index contributed by atoms with van der Waals surface area (Å²) in [4.78, 5) is 21.0. The molecule has 6 nitrogen and oxygen atoms in total. The quantitative estimate of drug-likeness (QED) is 0.648. The number of aliphatic hydroxyl groups is 1. The molecule has 1 saturated carbocycles. The Kier molecular flexibility index (Phi) is 3.67. The molecular weight excluding hydrogens is 274 g/mol. The van der Waals surface area contributed by atoms with Gasteiger partial charge < -0.3 is 10.4 Å². The SMILES string of the molecule is O=C(NCC1(O)CCC1)c1cc(F)c([N+](=O)[O-])cc1F. The van der Waals surface area contributed by atoms with E-state index >= 15 is 0 Å². The maximum atomic E-state index is 13.6. The molecule has 0 heterocycles. The number of hydrogen-bond acceptors (Lipinski definition) is 4. The molecule has 0 unspecified atom stereocenters. The van der Waals surface area contributed by atoms with E-state index in [0.29, 0.717) is 25.0 Å². The highest BCUT2D eigenvalue weighted by atomic mass is 19.1. The number of nitro benzene ring substituents is 1. The molecule has 0 aliphatic heterocycles. The summed E-state index contributed by atoms with van der Waals surface area (Å²) < 4.78 is 26.9. The summed E-state index contributed by atoms with van der Waals surface area (Å²) in [5.74, 6) is -3.39. The first-order chi connectivity index (χ1) is 9.32. The molecule has 0 aromatic heterocycles. The molecule has 0 radical (unpaired) electrons. The van der Waals surface area contributed by atoms with Gasteiger partial charge in [-0.25, -0.2) is 4.39 Å². The van der Waals surface area contributed by atoms with Crippen molar-refractivity contribution in [2.75, 3.05) is 6.54 Å². The second kappa shape index (κ2) is 5.12. The molecule has 0 atom stereocenters. The molecular formula is C12H12F2N2O4. The van der Waals surface area contributed by atoms with Crippen molar-refractivity contribution in [2.24, 2.45) is 0 Å². The normalized spacial score (nSPS) is 16.4. The van der Waals surface area contributed by atoms with Crippen LogP contribution in [0.4, 0.5) is 14.5 Å². The lowest BCUT2D eigenvalue weighted by Crippen LogP contribution is -2.47. The van der Waals surface area contributed by atoms with E-state index in [1.165, 1.54) is 0 Å². The number of hydrogen-bond donors (Lipinski definition) is 2. The molecule has 1 aromatic rings. The Hall–Kier alpha value is -2.09. The highest BCUT2D eigenvalue weighted by molar-refractivity contribution is 5.94. The Labute approximate surface area is 112 Å². The molecule has 1 amide bonds. The number of nitro groups is 1. The maximum absolute atomic E-state index is 13.6. The van der Waals surface area contributed by atoms with Gasteiger partial charge in [0.15, 0.2) is 0 Å². The fourth-order valence-electron chi connectivity index (χ4n) is 1.95. The van der Waals surface area contributed by atoms with E-state index in [9.17, 15) is 28.8 Å². The molecule has 20 heavy (non-hydrogen) atoms. The molecule has 2 rings (SSSR count). The standard InChI is InChI=1S/C12H12F2N2O4/c13-8-5-10(16(19)20)9(14)4-7(8)11(17)15-6-12(18)2-1-3-12/h4-5,18H,1-3,6H2,(H,15,17). The number of carbonyl (C=O) groups is 1. The summed E-state index contributed by atoms with van der Waals surface area (Å²) >= 11 is 0. The fraction of sp³-hybridized carbons (Fsp3) is 0.417. The van der Waals surface area contributed by atoms with Crippen molar-refractivity contribution in [2.45, 2.75) is 24.9 Å². The Balaban J connectivity index is 2.13. The molecule has 1 fully saturated rings. The predicted octanol–water partition coefficient (Wildman–Crippen LogP) is 1.52. The van der Waals surface area contributed by atoms with Crippen LogP contribution < -0.4 is 5.32 Å². The highest BCUT2D eigenvalue weighted by Crippen LogP contribution is 2.30. The number of halogens is 2. The molecule has 1 aromatic carbocycles. The summed E-state index contributed by atoms with van der Waals surface area (Å²) in [6.45, 7) is -0.0656. The Morgan fingerprint density at radius 3 is 2.55 bits per heavy atom. The highest BCUT2D eigenvalue weighted by Gasteiger charge is 2.35. The predicted molar refractivity (Wildman–Crippen MR) is 64.1 cm³/mol. The zero-order chi connectivity index (χ0) is 14.9. The third-order valence-corrected chi connectivity index (χ3v) is 3.34. The first-order valence-electron chi connectivity index (χ1n) is 5.96. The summed E-state index contributed by atoms with van der Waals surface area (Å²) in [6.07, 6.45) is 1.90. The molecule has 0 spiro atoms. The topological polar surface area (TPSA) is 92.5 Å². The van der Waals surface area contributed by atoms with Gasteiger partial charge in [-0.3, -0.25) is 14.9 Å². The number of nitrogens with one attached hydrogen (secondary N) is 1. The molecule has 2 N–H and O–H groups in total. The zero-order valence-corrected chi connectivity index (χ0v) is 10.4. The zero-order valence-electron chi connectivity index (χ0n) is 10.4. The van der Waals surface area contributed by atoms with Crippen LogP contribution in [0.5, 0.6) is 0 Å². The van der Waals surface area contributed by atoms with Gasteiger partial charge in [-0.15, -0.1) is 0 Å². The Bertz CT molecular complexity index is 573. The minimum absolute atomic E-state index is 0.0656. The van der Waals surface area contributed by atoms with Crippen LogP contribution in [0.15, 0.2) is 12.1 Å². The summed E-state index contributed by atoms with van der Waals surface area (Å²) in [5, 5.41) is 22.5. The molecule has 1 aliphatic carbocycles. The summed E-state index contributed by atoms with van der Waals surface area (Å²) in [6, 6.07) is 0.843. The van der Waals surface area contributed by atoms with Crippen LogP contribution in [0.2, 0.25) is 0 Å². The van der Waals surface area contributed by atoms with Crippen LogP contribution in [0.3, 0.4) is 0 Å². The third kappa shape index (κ3) is 2.74. The number of benzene rings is 1. The van der Waals surface area contributed by atoms with Gasteiger partial charge in [-0.1, -0.05) is 0 Å². The second-order valence-corrected chi connectivity index (χ2v) is 4.80. The van der Waals surface area contributed by atoms with Gasteiger partial charge in [0.1, 0.15) is 5.82 Å². The van der Waals surface area contributed by atoms with Gasteiger partial charge in [0.2, 0.25) is 5.82 Å². The van der Waals surface area contributed by atoms with E-state index in [2.05, 4.69) is 5.32 Å². The molecule has 0 saturated heterocycles. The van der Waals surface area contributed by atoms with E-state index in [1.54, 1.807) is 0 Å². The van der Waals surface area contributed by atoms with Gasteiger partial charge in [0, 0.05) is 6.54 Å². The minimum atomic E-state index is -1.29. The van der Waals surface area contributed by atoms with Crippen LogP contribution in [0.25, 0.3) is 0 Å². The lowest BCUT2D eigenvalue weighted by Gasteiger charge is -2.36. The van der Waals surface area contributed by atoms with Crippen molar-refractivity contribution in [3.8, 4) is 0 Å². The van der Waals surface area contributed by atoms with Crippen molar-refractivity contribution in [1.82, 2.24) is 5.32 Å². The smallest absolute Gasteiger partial charge is 0.307 e. The van der Waals surface area contributed by atoms with Gasteiger partial charge in [-0.2, -0.15) is 4.39 Å². The van der Waals surface area contributed by atoms with Crippen LogP contribution >= 0.6 is 0 Å². The van der Waals surface area contributed by atoms with Crippen LogP contribution in [0, 0.1) is 21.7 Å². The Morgan fingerprint density at radius 2 is 2.05 bits per heavy atom. The average molecular weight is 286 g/mol. The molecule has 108 valence electrons. The monoisotopic (exact) mass is 286 g/mol. The second-order valence-electron chi connectivity index (χ2n) is 4.80. The van der Waals surface area contributed by atoms with E-state index in [1.807, 2.05) is 0 Å². The van der Waals surface area contributed by atoms with E-state index in [4.69, 9.17) is 0 Å². The van der Waals surface area contributed by atoms with Gasteiger partial charge in [0.25, 0.3) is 5.91 Å². The Morgan fingerprint density at radius 1 is 1.40 bits per heavy atom. The van der Waals surface area contributed by atoms with Crippen molar-refractivity contribution in [3.63, 3.8) is 0 Å². The number of rotatable bonds is 4. The van der Waals surface area contributed by atoms with Crippen LogP contribution in [-0.2, 0) is 0 Å². The number of carbonyl (C=O) groups excluding carboxylic acids is 1. The fourth-order valence-corrected chi connectivity index (χ4v) is 1.95. The van der Waals surface area contributed by atoms with Gasteiger partial charge >= 0.3 is 5.69 Å². The van der Waals surface area contributed by atoms with Crippen molar-refractivity contribution < 1.29 is 23.6 Å². The molecule has 0 bridgehead atoms. The number of nitrogens with zero attached hydrogens (tertiary/aromatic N) is 1.